The lowest BCUT2D eigenvalue weighted by Gasteiger charge is -1.69. The third-order valence-electron chi connectivity index (χ3n) is 0. The molecule has 7 heavy (non-hydrogen) atoms. The molecule has 0 bridgehead atoms. The van der Waals surface area contributed by atoms with E-state index in [2.05, 4.69) is 13.8 Å². The van der Waals surface area contributed by atoms with Crippen LogP contribution in [0.25, 0.3) is 0 Å². The van der Waals surface area contributed by atoms with Gasteiger partial charge in [0.1, 0.15) is 0 Å². The Kier molecular flexibility index (Phi) is 13.4. The van der Waals surface area contributed by atoms with Crippen LogP contribution < -0.4 is 0 Å². The van der Waals surface area contributed by atoms with Crippen LogP contribution in [0.5, 0.6) is 0 Å². The summed E-state index contributed by atoms with van der Waals surface area (Å²) in [6.07, 6.45) is 1.25. The van der Waals surface area contributed by atoms with E-state index in [4.69, 9.17) is 15.1 Å². The van der Waals surface area contributed by atoms with Gasteiger partial charge in [-0.05, 0) is 0 Å². The molecule has 0 aliphatic heterocycles. The van der Waals surface area contributed by atoms with Gasteiger partial charge in [0, 0.05) is 0 Å². The fraction of sp³-hybridized carbons (Fsp3) is 1.00. The zero-order chi connectivity index (χ0) is 6.28. The molecular weight excluding hydrogens is 94.8 g/mol. The van der Waals surface area contributed by atoms with Crippen LogP contribution in [0.2, 0.25) is 0 Å². The van der Waals surface area contributed by atoms with E-state index >= 15 is 0 Å². The summed E-state index contributed by atoms with van der Waals surface area (Å²) < 4.78 is 0. The Bertz CT molecular complexity index is 21.4. The lowest BCUT2D eigenvalue weighted by molar-refractivity contribution is 0.278. The summed E-state index contributed by atoms with van der Waals surface area (Å²) >= 11 is 0. The van der Waals surface area contributed by atoms with Crippen molar-refractivity contribution in [2.75, 3.05) is 0 Å². The third kappa shape index (κ3) is 30500. The Hall–Kier alpha value is -0.0551. The second-order valence-electron chi connectivity index (χ2n) is 1.05. The molecule has 3 N–H and O–H groups in total. The minimum Gasteiger partial charge on any atom is -0.402 e. The molecule has 0 radical (unpaired) electrons. The van der Waals surface area contributed by atoms with E-state index in [1.54, 1.807) is 0 Å². The quantitative estimate of drug-likeness (QED) is 0.360. The Morgan fingerprint density at radius 1 is 1.14 bits per heavy atom. The largest absolute Gasteiger partial charge is 0.631 e. The number of rotatable bonds is 0. The van der Waals surface area contributed by atoms with Crippen LogP contribution in [-0.2, 0) is 0 Å². The Morgan fingerprint density at radius 2 is 1.14 bits per heavy atom. The van der Waals surface area contributed by atoms with Crippen molar-refractivity contribution in [3.8, 4) is 0 Å². The van der Waals surface area contributed by atoms with Gasteiger partial charge in [-0.2, -0.15) is 0 Å². The highest BCUT2D eigenvalue weighted by atomic mass is 16.5. The number of hydrogen-bond acceptors (Lipinski definition) is 3. The third-order valence-corrected chi connectivity index (χ3v) is 0. The molecule has 0 fully saturated rings. The van der Waals surface area contributed by atoms with Crippen LogP contribution in [-0.4, -0.2) is 22.4 Å². The van der Waals surface area contributed by atoms with Gasteiger partial charge in [-0.3, -0.25) is 0 Å². The summed E-state index contributed by atoms with van der Waals surface area (Å²) in [6, 6.07) is 0. The maximum absolute atomic E-state index is 7.17. The number of hydrogen-bond donors (Lipinski definition) is 3. The van der Waals surface area contributed by atoms with Crippen molar-refractivity contribution in [2.45, 2.75) is 20.3 Å². The molecule has 44 valence electrons. The molecule has 0 aliphatic rings. The maximum Gasteiger partial charge on any atom is 0.631 e. The SMILES string of the molecule is CCC.OB(O)O. The second kappa shape index (κ2) is 9.34. The first kappa shape index (κ1) is 10.0. The molecule has 0 heterocycles. The summed E-state index contributed by atoms with van der Waals surface area (Å²) in [5, 5.41) is 21.5. The van der Waals surface area contributed by atoms with Crippen molar-refractivity contribution < 1.29 is 15.1 Å². The minimum atomic E-state index is -2.17. The average Bonchev–Trinajstić information content (AvgIpc) is 1.33. The molecule has 3 nitrogen and oxygen atoms in total. The summed E-state index contributed by atoms with van der Waals surface area (Å²) in [6.45, 7) is 4.25. The lowest BCUT2D eigenvalue weighted by Crippen LogP contribution is -2.07. The van der Waals surface area contributed by atoms with Crippen LogP contribution in [0.3, 0.4) is 0 Å². The molecule has 4 heteroatoms. The summed E-state index contributed by atoms with van der Waals surface area (Å²) in [5.74, 6) is 0. The van der Waals surface area contributed by atoms with Gasteiger partial charge in [-0.25, -0.2) is 0 Å². The van der Waals surface area contributed by atoms with E-state index in [-0.39, 0.29) is 0 Å². The van der Waals surface area contributed by atoms with Crippen molar-refractivity contribution in [2.24, 2.45) is 0 Å². The van der Waals surface area contributed by atoms with E-state index in [9.17, 15) is 0 Å². The highest BCUT2D eigenvalue weighted by Gasteiger charge is 1.92. The van der Waals surface area contributed by atoms with Gasteiger partial charge in [0.05, 0.1) is 0 Å². The van der Waals surface area contributed by atoms with Gasteiger partial charge >= 0.3 is 7.32 Å². The van der Waals surface area contributed by atoms with E-state index in [1.165, 1.54) is 6.42 Å². The molecular formula is C3H11BO3. The van der Waals surface area contributed by atoms with Crippen molar-refractivity contribution in [1.82, 2.24) is 0 Å². The summed E-state index contributed by atoms with van der Waals surface area (Å²) in [5.41, 5.74) is 0. The van der Waals surface area contributed by atoms with Gasteiger partial charge in [0.15, 0.2) is 0 Å². The molecule has 0 aliphatic carbocycles. The molecule has 0 saturated heterocycles. The van der Waals surface area contributed by atoms with Gasteiger partial charge in [-0.15, -0.1) is 0 Å². The molecule has 0 atom stereocenters. The van der Waals surface area contributed by atoms with Crippen LogP contribution in [0.4, 0.5) is 0 Å². The van der Waals surface area contributed by atoms with Crippen molar-refractivity contribution in [3.63, 3.8) is 0 Å². The molecule has 0 unspecified atom stereocenters. The van der Waals surface area contributed by atoms with Crippen molar-refractivity contribution in [3.05, 3.63) is 0 Å². The predicted molar refractivity (Wildman–Crippen MR) is 28.4 cm³/mol. The molecule has 0 rings (SSSR count). The molecule has 0 aromatic heterocycles. The lowest BCUT2D eigenvalue weighted by atomic mass is 10.3. The van der Waals surface area contributed by atoms with Gasteiger partial charge in [0.2, 0.25) is 0 Å². The summed E-state index contributed by atoms with van der Waals surface area (Å²) in [4.78, 5) is 0. The first-order valence-corrected chi connectivity index (χ1v) is 2.19. The first-order chi connectivity index (χ1) is 3.15. The zero-order valence-corrected chi connectivity index (χ0v) is 4.63. The molecule has 0 amide bonds. The first-order valence-electron chi connectivity index (χ1n) is 2.19. The van der Waals surface area contributed by atoms with Crippen molar-refractivity contribution >= 4 is 7.32 Å². The maximum atomic E-state index is 7.17. The zero-order valence-electron chi connectivity index (χ0n) is 4.63. The fourth-order valence-corrected chi connectivity index (χ4v) is 0. The highest BCUT2D eigenvalue weighted by molar-refractivity contribution is 6.30. The smallest absolute Gasteiger partial charge is 0.402 e. The van der Waals surface area contributed by atoms with Gasteiger partial charge < -0.3 is 15.1 Å². The highest BCUT2D eigenvalue weighted by Crippen LogP contribution is 1.56. The topological polar surface area (TPSA) is 60.7 Å². The Labute approximate surface area is 43.8 Å². The molecule has 0 saturated carbocycles. The van der Waals surface area contributed by atoms with E-state index in [1.807, 2.05) is 0 Å². The molecule has 0 aromatic rings. The monoisotopic (exact) mass is 106 g/mol. The molecule has 0 spiro atoms. The van der Waals surface area contributed by atoms with Crippen LogP contribution in [0, 0.1) is 0 Å². The van der Waals surface area contributed by atoms with Crippen LogP contribution in [0.15, 0.2) is 0 Å². The fourth-order valence-electron chi connectivity index (χ4n) is 0. The van der Waals surface area contributed by atoms with Gasteiger partial charge in [-0.1, -0.05) is 20.3 Å². The van der Waals surface area contributed by atoms with Crippen LogP contribution in [0.1, 0.15) is 20.3 Å². The Morgan fingerprint density at radius 3 is 1.14 bits per heavy atom. The normalized spacial score (nSPS) is 6.43. The van der Waals surface area contributed by atoms with Crippen LogP contribution >= 0.6 is 0 Å². The van der Waals surface area contributed by atoms with E-state index in [0.29, 0.717) is 0 Å². The van der Waals surface area contributed by atoms with Gasteiger partial charge in [0.25, 0.3) is 0 Å². The van der Waals surface area contributed by atoms with E-state index in [0.717, 1.165) is 0 Å². The summed E-state index contributed by atoms with van der Waals surface area (Å²) in [7, 11) is -2.17. The Balaban J connectivity index is 0. The standard InChI is InChI=1S/C3H8.BH3O3/c1-3-2;2-1(3)4/h3H2,1-2H3;2-4H. The predicted octanol–water partition coefficient (Wildman–Crippen LogP) is -0.635. The second-order valence-corrected chi connectivity index (χ2v) is 1.05. The molecule has 0 aromatic carbocycles. The van der Waals surface area contributed by atoms with E-state index < -0.39 is 7.32 Å². The minimum absolute atomic E-state index is 1.25. The average molecular weight is 106 g/mol. The van der Waals surface area contributed by atoms with Crippen molar-refractivity contribution in [1.29, 1.82) is 0 Å².